The van der Waals surface area contributed by atoms with Crippen LogP contribution in [-0.4, -0.2) is 32.6 Å². The lowest BCUT2D eigenvalue weighted by molar-refractivity contribution is -0.118. The molecular weight excluding hydrogens is 405 g/mol. The van der Waals surface area contributed by atoms with Crippen LogP contribution in [0.25, 0.3) is 11.4 Å². The second-order valence-electron chi connectivity index (χ2n) is 5.51. The smallest absolute Gasteiger partial charge is 0.250 e. The zero-order valence-corrected chi connectivity index (χ0v) is 16.6. The van der Waals surface area contributed by atoms with Gasteiger partial charge in [0.1, 0.15) is 0 Å². The van der Waals surface area contributed by atoms with E-state index in [2.05, 4.69) is 20.7 Å². The summed E-state index contributed by atoms with van der Waals surface area (Å²) in [6, 6.07) is 14.5. The number of amides is 1. The Morgan fingerprint density at radius 1 is 1.19 bits per heavy atom. The van der Waals surface area contributed by atoms with Crippen LogP contribution in [0.2, 0.25) is 10.0 Å². The quantitative estimate of drug-likeness (QED) is 0.371. The van der Waals surface area contributed by atoms with E-state index in [1.807, 2.05) is 41.9 Å². The molecule has 0 aliphatic heterocycles. The van der Waals surface area contributed by atoms with Crippen molar-refractivity contribution in [2.24, 2.45) is 12.1 Å². The highest BCUT2D eigenvalue weighted by Crippen LogP contribution is 2.24. The predicted molar refractivity (Wildman–Crippen MR) is 109 cm³/mol. The first-order valence-electron chi connectivity index (χ1n) is 7.88. The van der Waals surface area contributed by atoms with E-state index in [1.54, 1.807) is 18.2 Å². The number of hydrogen-bond donors (Lipinski definition) is 1. The number of thioether (sulfide) groups is 1. The van der Waals surface area contributed by atoms with Crippen molar-refractivity contribution in [3.05, 3.63) is 64.1 Å². The fourth-order valence-electron chi connectivity index (χ4n) is 2.25. The van der Waals surface area contributed by atoms with Crippen molar-refractivity contribution in [3.63, 3.8) is 0 Å². The van der Waals surface area contributed by atoms with E-state index in [4.69, 9.17) is 23.2 Å². The number of carbonyl (C=O) groups is 1. The van der Waals surface area contributed by atoms with Gasteiger partial charge in [-0.15, -0.1) is 10.2 Å². The summed E-state index contributed by atoms with van der Waals surface area (Å²) >= 11 is 13.2. The molecule has 0 aliphatic rings. The van der Waals surface area contributed by atoms with E-state index >= 15 is 0 Å². The summed E-state index contributed by atoms with van der Waals surface area (Å²) < 4.78 is 1.82. The molecule has 0 radical (unpaired) electrons. The monoisotopic (exact) mass is 419 g/mol. The third-order valence-electron chi connectivity index (χ3n) is 3.50. The van der Waals surface area contributed by atoms with Crippen LogP contribution in [0.5, 0.6) is 0 Å². The topological polar surface area (TPSA) is 72.2 Å². The molecule has 138 valence electrons. The molecule has 0 saturated heterocycles. The number of rotatable bonds is 6. The van der Waals surface area contributed by atoms with Gasteiger partial charge in [-0.25, -0.2) is 5.43 Å². The van der Waals surface area contributed by atoms with E-state index < -0.39 is 0 Å². The minimum atomic E-state index is -0.245. The summed E-state index contributed by atoms with van der Waals surface area (Å²) in [6.45, 7) is 0. The summed E-state index contributed by atoms with van der Waals surface area (Å²) in [6.07, 6.45) is 1.54. The second kappa shape index (κ2) is 9.03. The van der Waals surface area contributed by atoms with Gasteiger partial charge in [-0.3, -0.25) is 4.79 Å². The second-order valence-corrected chi connectivity index (χ2v) is 7.33. The molecule has 1 heterocycles. The number of hydrogen-bond acceptors (Lipinski definition) is 5. The van der Waals surface area contributed by atoms with Crippen molar-refractivity contribution in [3.8, 4) is 11.4 Å². The van der Waals surface area contributed by atoms with E-state index in [-0.39, 0.29) is 11.7 Å². The maximum atomic E-state index is 12.0. The van der Waals surface area contributed by atoms with Gasteiger partial charge >= 0.3 is 0 Å². The molecule has 3 rings (SSSR count). The Morgan fingerprint density at radius 3 is 2.67 bits per heavy atom. The van der Waals surface area contributed by atoms with Crippen LogP contribution >= 0.6 is 35.0 Å². The van der Waals surface area contributed by atoms with Crippen LogP contribution in [0.4, 0.5) is 0 Å². The third-order valence-corrected chi connectivity index (χ3v) is 4.99. The first kappa shape index (κ1) is 19.4. The number of aromatic nitrogens is 3. The molecule has 1 aromatic heterocycles. The number of halogens is 2. The number of hydrazone groups is 1. The van der Waals surface area contributed by atoms with Gasteiger partial charge in [0.15, 0.2) is 11.0 Å². The highest BCUT2D eigenvalue weighted by Gasteiger charge is 2.13. The van der Waals surface area contributed by atoms with Crippen LogP contribution in [0.1, 0.15) is 5.56 Å². The van der Waals surface area contributed by atoms with E-state index in [9.17, 15) is 4.79 Å². The Hall–Kier alpha value is -2.35. The van der Waals surface area contributed by atoms with Gasteiger partial charge in [0.05, 0.1) is 12.0 Å². The summed E-state index contributed by atoms with van der Waals surface area (Å²) in [5.41, 5.74) is 4.14. The average Bonchev–Trinajstić information content (AvgIpc) is 3.01. The first-order valence-corrected chi connectivity index (χ1v) is 9.62. The number of carbonyl (C=O) groups excluding carboxylic acids is 1. The highest BCUT2D eigenvalue weighted by molar-refractivity contribution is 7.99. The predicted octanol–water partition coefficient (Wildman–Crippen LogP) is 4.03. The van der Waals surface area contributed by atoms with Crippen molar-refractivity contribution in [2.45, 2.75) is 5.16 Å². The molecule has 0 bridgehead atoms. The maximum Gasteiger partial charge on any atom is 0.250 e. The zero-order chi connectivity index (χ0) is 19.2. The van der Waals surface area contributed by atoms with Crippen molar-refractivity contribution < 1.29 is 4.79 Å². The molecule has 0 fully saturated rings. The van der Waals surface area contributed by atoms with Gasteiger partial charge in [-0.2, -0.15) is 5.10 Å². The Balaban J connectivity index is 1.56. The van der Waals surface area contributed by atoms with Crippen LogP contribution < -0.4 is 5.43 Å². The summed E-state index contributed by atoms with van der Waals surface area (Å²) in [7, 11) is 1.84. The molecule has 0 saturated carbocycles. The molecule has 0 atom stereocenters. The van der Waals surface area contributed by atoms with E-state index in [0.717, 1.165) is 11.1 Å². The third kappa shape index (κ3) is 5.32. The Labute approximate surface area is 170 Å². The first-order chi connectivity index (χ1) is 13.0. The molecule has 6 nitrogen and oxygen atoms in total. The van der Waals surface area contributed by atoms with Crippen LogP contribution in [-0.2, 0) is 11.8 Å². The van der Waals surface area contributed by atoms with Gasteiger partial charge in [0, 0.05) is 22.7 Å². The van der Waals surface area contributed by atoms with Gasteiger partial charge in [-0.1, -0.05) is 59.2 Å². The number of nitrogens with zero attached hydrogens (tertiary/aromatic N) is 4. The molecular formula is C18H15Cl2N5OS. The lowest BCUT2D eigenvalue weighted by atomic mass is 10.2. The minimum absolute atomic E-state index is 0.161. The van der Waals surface area contributed by atoms with Gasteiger partial charge in [0.2, 0.25) is 0 Å². The van der Waals surface area contributed by atoms with Crippen molar-refractivity contribution >= 4 is 47.1 Å². The van der Waals surface area contributed by atoms with Crippen molar-refractivity contribution in [2.75, 3.05) is 5.75 Å². The Bertz CT molecular complexity index is 989. The van der Waals surface area contributed by atoms with E-state index in [1.165, 1.54) is 18.0 Å². The number of nitrogens with one attached hydrogen (secondary N) is 1. The lowest BCUT2D eigenvalue weighted by Gasteiger charge is -2.04. The molecule has 0 spiro atoms. The number of benzene rings is 2. The maximum absolute atomic E-state index is 12.0. The fourth-order valence-corrected chi connectivity index (χ4v) is 3.34. The molecule has 2 aromatic carbocycles. The van der Waals surface area contributed by atoms with Crippen LogP contribution in [0.15, 0.2) is 58.8 Å². The molecule has 0 aliphatic carbocycles. The molecule has 0 unspecified atom stereocenters. The molecule has 27 heavy (non-hydrogen) atoms. The standard InChI is InChI=1S/C18H15Cl2N5OS/c1-25-17(13-5-3-7-15(20)9-13)23-24-18(25)27-11-16(26)22-21-10-12-4-2-6-14(19)8-12/h2-10H,11H2,1H3,(H,22,26)/b21-10+. The average molecular weight is 420 g/mol. The fraction of sp³-hybridized carbons (Fsp3) is 0.111. The minimum Gasteiger partial charge on any atom is -0.305 e. The van der Waals surface area contributed by atoms with Crippen molar-refractivity contribution in [1.82, 2.24) is 20.2 Å². The SMILES string of the molecule is Cn1c(SCC(=O)N/N=C/c2cccc(Cl)c2)nnc1-c1cccc(Cl)c1. The van der Waals surface area contributed by atoms with Crippen molar-refractivity contribution in [1.29, 1.82) is 0 Å². The Kier molecular flexibility index (Phi) is 6.49. The lowest BCUT2D eigenvalue weighted by Crippen LogP contribution is -2.19. The zero-order valence-electron chi connectivity index (χ0n) is 14.3. The molecule has 3 aromatic rings. The molecule has 9 heteroatoms. The Morgan fingerprint density at radius 2 is 1.93 bits per heavy atom. The normalized spacial score (nSPS) is 11.1. The van der Waals surface area contributed by atoms with Gasteiger partial charge in [0.25, 0.3) is 5.91 Å². The summed E-state index contributed by atoms with van der Waals surface area (Å²) in [5.74, 6) is 0.596. The van der Waals surface area contributed by atoms with Crippen LogP contribution in [0, 0.1) is 0 Å². The van der Waals surface area contributed by atoms with Gasteiger partial charge < -0.3 is 4.57 Å². The highest BCUT2D eigenvalue weighted by atomic mass is 35.5. The molecule has 1 amide bonds. The summed E-state index contributed by atoms with van der Waals surface area (Å²) in [5, 5.41) is 14.1. The summed E-state index contributed by atoms with van der Waals surface area (Å²) in [4.78, 5) is 12.0. The van der Waals surface area contributed by atoms with Gasteiger partial charge in [-0.05, 0) is 29.8 Å². The van der Waals surface area contributed by atoms with Crippen LogP contribution in [0.3, 0.4) is 0 Å². The molecule has 1 N–H and O–H groups in total. The van der Waals surface area contributed by atoms with E-state index in [0.29, 0.717) is 21.0 Å². The largest absolute Gasteiger partial charge is 0.305 e.